The number of nitrogens with two attached hydrogens (primary N) is 1. The third-order valence-electron chi connectivity index (χ3n) is 2.45. The van der Waals surface area contributed by atoms with Crippen LogP contribution in [0.3, 0.4) is 0 Å². The van der Waals surface area contributed by atoms with E-state index in [0.717, 1.165) is 12.1 Å². The predicted molar refractivity (Wildman–Crippen MR) is 61.1 cm³/mol. The van der Waals surface area contributed by atoms with Crippen LogP contribution in [0.25, 0.3) is 5.69 Å². The van der Waals surface area contributed by atoms with Gasteiger partial charge in [-0.05, 0) is 43.1 Å². The molecule has 2 rings (SSSR count). The van der Waals surface area contributed by atoms with Crippen molar-refractivity contribution in [3.8, 4) is 5.69 Å². The van der Waals surface area contributed by atoms with Crippen LogP contribution in [0.1, 0.15) is 11.1 Å². The zero-order valence-corrected chi connectivity index (χ0v) is 8.85. The van der Waals surface area contributed by atoms with Gasteiger partial charge in [0.1, 0.15) is 0 Å². The monoisotopic (exact) mass is 201 g/mol. The van der Waals surface area contributed by atoms with E-state index in [-0.39, 0.29) is 0 Å². The van der Waals surface area contributed by atoms with E-state index < -0.39 is 0 Å². The number of benzene rings is 1. The third kappa shape index (κ3) is 2.07. The molecule has 2 N–H and O–H groups in total. The van der Waals surface area contributed by atoms with Crippen LogP contribution in [0.2, 0.25) is 0 Å². The molecule has 1 aromatic heterocycles. The van der Waals surface area contributed by atoms with Gasteiger partial charge in [0.2, 0.25) is 0 Å². The molecule has 1 aromatic carbocycles. The smallest absolute Gasteiger partial charge is 0.0674 e. The van der Waals surface area contributed by atoms with Gasteiger partial charge in [-0.1, -0.05) is 12.1 Å². The molecule has 0 aliphatic carbocycles. The van der Waals surface area contributed by atoms with Crippen molar-refractivity contribution >= 4 is 0 Å². The number of rotatable bonds is 3. The second-order valence-corrected chi connectivity index (χ2v) is 3.61. The summed E-state index contributed by atoms with van der Waals surface area (Å²) in [5.74, 6) is 0. The second-order valence-electron chi connectivity index (χ2n) is 3.61. The van der Waals surface area contributed by atoms with Gasteiger partial charge in [0.05, 0.1) is 5.69 Å². The Bertz CT molecular complexity index is 432. The Labute approximate surface area is 89.5 Å². The Morgan fingerprint density at radius 1 is 1.40 bits per heavy atom. The van der Waals surface area contributed by atoms with Crippen molar-refractivity contribution in [3.63, 3.8) is 0 Å². The molecule has 0 saturated carbocycles. The summed E-state index contributed by atoms with van der Waals surface area (Å²) in [5.41, 5.74) is 9.16. The highest BCUT2D eigenvalue weighted by molar-refractivity contribution is 5.42. The van der Waals surface area contributed by atoms with E-state index in [9.17, 15) is 0 Å². The number of hydrogen-bond acceptors (Lipinski definition) is 2. The Morgan fingerprint density at radius 2 is 2.27 bits per heavy atom. The van der Waals surface area contributed by atoms with Crippen molar-refractivity contribution in [1.29, 1.82) is 0 Å². The fourth-order valence-corrected chi connectivity index (χ4v) is 1.71. The molecule has 0 saturated heterocycles. The van der Waals surface area contributed by atoms with E-state index in [2.05, 4.69) is 30.2 Å². The molecule has 78 valence electrons. The molecule has 0 fully saturated rings. The van der Waals surface area contributed by atoms with Crippen molar-refractivity contribution in [3.05, 3.63) is 47.8 Å². The van der Waals surface area contributed by atoms with Crippen molar-refractivity contribution in [2.75, 3.05) is 6.54 Å². The van der Waals surface area contributed by atoms with Crippen molar-refractivity contribution in [2.45, 2.75) is 13.3 Å². The summed E-state index contributed by atoms with van der Waals surface area (Å²) in [6, 6.07) is 8.29. The first-order valence-electron chi connectivity index (χ1n) is 5.11. The molecule has 0 amide bonds. The van der Waals surface area contributed by atoms with E-state index in [1.165, 1.54) is 11.1 Å². The SMILES string of the molecule is Cc1cc(CCN)ccc1-n1cccn1. The summed E-state index contributed by atoms with van der Waals surface area (Å²) in [6.07, 6.45) is 4.67. The lowest BCUT2D eigenvalue weighted by Gasteiger charge is -2.07. The Morgan fingerprint density at radius 3 is 2.87 bits per heavy atom. The van der Waals surface area contributed by atoms with Gasteiger partial charge in [-0.3, -0.25) is 0 Å². The number of nitrogens with zero attached hydrogens (tertiary/aromatic N) is 2. The van der Waals surface area contributed by atoms with Crippen LogP contribution in [0.5, 0.6) is 0 Å². The fourth-order valence-electron chi connectivity index (χ4n) is 1.71. The maximum absolute atomic E-state index is 5.53. The molecule has 3 heteroatoms. The van der Waals surface area contributed by atoms with Gasteiger partial charge in [0, 0.05) is 12.4 Å². The maximum Gasteiger partial charge on any atom is 0.0674 e. The van der Waals surface area contributed by atoms with Gasteiger partial charge in [0.15, 0.2) is 0 Å². The standard InChI is InChI=1S/C12H15N3/c1-10-9-11(5-6-13)3-4-12(10)15-8-2-7-14-15/h2-4,7-9H,5-6,13H2,1H3. The summed E-state index contributed by atoms with van der Waals surface area (Å²) >= 11 is 0. The van der Waals surface area contributed by atoms with E-state index >= 15 is 0 Å². The van der Waals surface area contributed by atoms with E-state index in [1.54, 1.807) is 6.20 Å². The summed E-state index contributed by atoms with van der Waals surface area (Å²) < 4.78 is 1.88. The van der Waals surface area contributed by atoms with Crippen molar-refractivity contribution in [2.24, 2.45) is 5.73 Å². The lowest BCUT2D eigenvalue weighted by atomic mass is 10.1. The van der Waals surface area contributed by atoms with Crippen LogP contribution in [-0.2, 0) is 6.42 Å². The average Bonchev–Trinajstić information content (AvgIpc) is 2.71. The zero-order chi connectivity index (χ0) is 10.7. The summed E-state index contributed by atoms with van der Waals surface area (Å²) in [5, 5.41) is 4.21. The first-order chi connectivity index (χ1) is 7.31. The first kappa shape index (κ1) is 9.93. The van der Waals surface area contributed by atoms with Crippen LogP contribution < -0.4 is 5.73 Å². The Kier molecular flexibility index (Phi) is 2.83. The van der Waals surface area contributed by atoms with Crippen LogP contribution in [-0.4, -0.2) is 16.3 Å². The largest absolute Gasteiger partial charge is 0.330 e. The minimum absolute atomic E-state index is 0.695. The zero-order valence-electron chi connectivity index (χ0n) is 8.85. The number of aromatic nitrogens is 2. The molecule has 3 nitrogen and oxygen atoms in total. The minimum Gasteiger partial charge on any atom is -0.330 e. The van der Waals surface area contributed by atoms with E-state index in [4.69, 9.17) is 5.73 Å². The molecule has 0 spiro atoms. The molecule has 1 heterocycles. The molecule has 0 radical (unpaired) electrons. The summed E-state index contributed by atoms with van der Waals surface area (Å²) in [7, 11) is 0. The fraction of sp³-hybridized carbons (Fsp3) is 0.250. The molecular formula is C12H15N3. The van der Waals surface area contributed by atoms with Gasteiger partial charge in [-0.25, -0.2) is 4.68 Å². The normalized spacial score (nSPS) is 10.5. The van der Waals surface area contributed by atoms with Gasteiger partial charge < -0.3 is 5.73 Å². The van der Waals surface area contributed by atoms with Crippen LogP contribution in [0.15, 0.2) is 36.7 Å². The molecule has 0 aliphatic heterocycles. The van der Waals surface area contributed by atoms with E-state index in [0.29, 0.717) is 6.54 Å². The van der Waals surface area contributed by atoms with Gasteiger partial charge in [-0.2, -0.15) is 5.10 Å². The third-order valence-corrected chi connectivity index (χ3v) is 2.45. The molecule has 0 aliphatic rings. The topological polar surface area (TPSA) is 43.8 Å². The Hall–Kier alpha value is -1.61. The minimum atomic E-state index is 0.695. The van der Waals surface area contributed by atoms with Gasteiger partial charge in [0.25, 0.3) is 0 Å². The summed E-state index contributed by atoms with van der Waals surface area (Å²) in [6.45, 7) is 2.79. The molecule has 0 unspecified atom stereocenters. The highest BCUT2D eigenvalue weighted by atomic mass is 15.3. The van der Waals surface area contributed by atoms with E-state index in [1.807, 2.05) is 16.9 Å². The quantitative estimate of drug-likeness (QED) is 0.821. The highest BCUT2D eigenvalue weighted by Crippen LogP contribution is 2.15. The molecule has 0 bridgehead atoms. The van der Waals surface area contributed by atoms with Crippen molar-refractivity contribution < 1.29 is 0 Å². The van der Waals surface area contributed by atoms with Crippen molar-refractivity contribution in [1.82, 2.24) is 9.78 Å². The average molecular weight is 201 g/mol. The first-order valence-corrected chi connectivity index (χ1v) is 5.11. The lowest BCUT2D eigenvalue weighted by molar-refractivity contribution is 0.869. The van der Waals surface area contributed by atoms with Gasteiger partial charge in [-0.15, -0.1) is 0 Å². The molecule has 15 heavy (non-hydrogen) atoms. The Balaban J connectivity index is 2.35. The molecular weight excluding hydrogens is 186 g/mol. The van der Waals surface area contributed by atoms with Crippen LogP contribution >= 0.6 is 0 Å². The second kappa shape index (κ2) is 4.28. The van der Waals surface area contributed by atoms with Crippen LogP contribution in [0, 0.1) is 6.92 Å². The van der Waals surface area contributed by atoms with Gasteiger partial charge >= 0.3 is 0 Å². The number of aryl methyl sites for hydroxylation is 1. The summed E-state index contributed by atoms with van der Waals surface area (Å²) in [4.78, 5) is 0. The molecule has 2 aromatic rings. The highest BCUT2D eigenvalue weighted by Gasteiger charge is 2.01. The lowest BCUT2D eigenvalue weighted by Crippen LogP contribution is -2.04. The predicted octanol–water partition coefficient (Wildman–Crippen LogP) is 1.68. The maximum atomic E-state index is 5.53. The van der Waals surface area contributed by atoms with Crippen LogP contribution in [0.4, 0.5) is 0 Å². The number of hydrogen-bond donors (Lipinski definition) is 1. The molecule has 0 atom stereocenters.